The van der Waals surface area contributed by atoms with Crippen molar-refractivity contribution in [3.8, 4) is 0 Å². The number of rotatable bonds is 47. The Morgan fingerprint density at radius 2 is 0.451 bits per heavy atom. The molecule has 0 aromatic rings. The van der Waals surface area contributed by atoms with E-state index in [4.69, 9.17) is 37.9 Å². The lowest BCUT2D eigenvalue weighted by Gasteiger charge is -2.35. The summed E-state index contributed by atoms with van der Waals surface area (Å²) in [6, 6.07) is 0. The molecule has 8 fully saturated rings. The number of esters is 4. The van der Waals surface area contributed by atoms with Crippen LogP contribution < -0.4 is 0 Å². The third-order valence-corrected chi connectivity index (χ3v) is 26.6. The van der Waals surface area contributed by atoms with Crippen LogP contribution in [0.25, 0.3) is 0 Å². The number of carbonyl (C=O) groups is 8. The molecule has 0 radical (unpaired) electrons. The average molecular weight is 1710 g/mol. The fourth-order valence-corrected chi connectivity index (χ4v) is 18.9. The van der Waals surface area contributed by atoms with E-state index in [1.807, 2.05) is 75.1 Å². The summed E-state index contributed by atoms with van der Waals surface area (Å²) < 4.78 is 45.5. The molecule has 4 amide bonds. The quantitative estimate of drug-likeness (QED) is 0.0238. The number of amides is 4. The fourth-order valence-electron chi connectivity index (χ4n) is 18.9. The van der Waals surface area contributed by atoms with E-state index in [-0.39, 0.29) is 104 Å². The number of fused-ring (bicyclic) bond motifs is 8. The molecule has 16 unspecified atom stereocenters. The Morgan fingerprint density at radius 3 is 0.689 bits per heavy atom. The van der Waals surface area contributed by atoms with E-state index in [2.05, 4.69) is 92.9 Å². The van der Waals surface area contributed by atoms with Crippen molar-refractivity contribution in [2.45, 2.75) is 296 Å². The van der Waals surface area contributed by atoms with Gasteiger partial charge in [-0.3, -0.25) is 38.4 Å². The van der Waals surface area contributed by atoms with Crippen LogP contribution in [0.4, 0.5) is 0 Å². The Bertz CT molecular complexity index is 3280. The van der Waals surface area contributed by atoms with Crippen LogP contribution in [0.5, 0.6) is 0 Å². The lowest BCUT2D eigenvalue weighted by atomic mass is 9.82. The zero-order valence-electron chi connectivity index (χ0n) is 75.8. The summed E-state index contributed by atoms with van der Waals surface area (Å²) in [6.45, 7) is 23.0. The minimum Gasteiger partial charge on any atom is -0.465 e. The Balaban J connectivity index is 0.000000205. The number of unbranched alkanes of at least 4 members (excludes halogenated alkanes) is 27. The highest BCUT2D eigenvalue weighted by atomic mass is 16.6. The third kappa shape index (κ3) is 31.4. The average Bonchev–Trinajstić information content (AvgIpc) is 1.63. The SMILES string of the molecule is C.CCCCC/C=C/C/C=C/CCCCCCCCOC(=O)C1C2C=CC(O2)C1C(=O)N1CCN(C)CC1.CCCCCCCCCCCCCCCCCOC(=O)C1C2C=CC(O2)C1C(=O)N1CCN(C)CC1.CCCCCCCOC(=O)C1C2C=CC(O2)C1C(=O)N1CCN(C)CC1.CCCOC(=O)C1C2C=CC(O2)C1C(=O)N1CCN(C)CC1. The lowest BCUT2D eigenvalue weighted by Crippen LogP contribution is -2.52. The predicted molar refractivity (Wildman–Crippen MR) is 479 cm³/mol. The van der Waals surface area contributed by atoms with E-state index in [0.717, 1.165) is 110 Å². The molecule has 8 bridgehead atoms. The van der Waals surface area contributed by atoms with Crippen LogP contribution in [0.3, 0.4) is 0 Å². The summed E-state index contributed by atoms with van der Waals surface area (Å²) in [7, 11) is 8.25. The fraction of sp³-hybridized carbons (Fsp3) is 0.796. The van der Waals surface area contributed by atoms with Crippen LogP contribution in [0.15, 0.2) is 72.9 Å². The van der Waals surface area contributed by atoms with Crippen LogP contribution in [0.2, 0.25) is 0 Å². The molecule has 12 aliphatic heterocycles. The molecule has 0 saturated carbocycles. The van der Waals surface area contributed by atoms with E-state index in [9.17, 15) is 38.4 Å². The molecule has 12 aliphatic rings. The van der Waals surface area contributed by atoms with Gasteiger partial charge in [-0.1, -0.05) is 262 Å². The van der Waals surface area contributed by atoms with Crippen molar-refractivity contribution in [3.05, 3.63) is 72.9 Å². The van der Waals surface area contributed by atoms with Gasteiger partial charge in [-0.25, -0.2) is 0 Å². The highest BCUT2D eigenvalue weighted by Crippen LogP contribution is 2.45. The second-order valence-corrected chi connectivity index (χ2v) is 36.1. The second-order valence-electron chi connectivity index (χ2n) is 36.1. The maximum atomic E-state index is 13.2. The second kappa shape index (κ2) is 56.2. The molecule has 0 aromatic heterocycles. The van der Waals surface area contributed by atoms with Gasteiger partial charge in [0.25, 0.3) is 0 Å². The van der Waals surface area contributed by atoms with Crippen molar-refractivity contribution in [2.24, 2.45) is 47.3 Å². The van der Waals surface area contributed by atoms with Gasteiger partial charge in [0.2, 0.25) is 23.6 Å². The van der Waals surface area contributed by atoms with Gasteiger partial charge in [0, 0.05) is 105 Å². The summed E-state index contributed by atoms with van der Waals surface area (Å²) >= 11 is 0. The smallest absolute Gasteiger partial charge is 0.312 e. The van der Waals surface area contributed by atoms with Crippen molar-refractivity contribution in [2.75, 3.05) is 159 Å². The normalized spacial score (nSPS) is 28.0. The van der Waals surface area contributed by atoms with E-state index >= 15 is 0 Å². The molecule has 0 aliphatic carbocycles. The van der Waals surface area contributed by atoms with Crippen LogP contribution in [-0.4, -0.2) is 295 Å². The molecular weight excluding hydrogens is 1550 g/mol. The molecule has 16 atom stereocenters. The van der Waals surface area contributed by atoms with Gasteiger partial charge in [0.05, 0.1) is 98.9 Å². The first kappa shape index (κ1) is 101. The first-order valence-corrected chi connectivity index (χ1v) is 48.2. The number of carbonyl (C=O) groups excluding carboxylic acids is 8. The topological polar surface area (TPSA) is 236 Å². The van der Waals surface area contributed by atoms with Crippen LogP contribution in [0.1, 0.15) is 247 Å². The van der Waals surface area contributed by atoms with Crippen LogP contribution >= 0.6 is 0 Å². The standard InChI is InChI=1S/C31H50N2O4.C30H52N2O4.C20H32N2O4.C16H24N2O4.CH4/c1-3-4-5-6-7-8-9-10-11-12-13-14-15-16-17-18-25-36-31(35)29-27-20-19-26(37-27)28(29)30(34)33-23-21-32(2)22-24-33;1-3-4-5-6-7-8-9-10-11-12-13-14-15-16-17-24-35-30(34)28-26-19-18-25(36-26)27(28)29(33)32-22-20-31(2)21-23-32;1-3-4-5-6-7-14-25-20(24)18-16-9-8-15(26-16)17(18)19(23)22-12-10-21(2)11-13-22;1-3-10-21-16(20)14-12-5-4-11(22-12)13(14)15(19)18-8-6-17(2)7-9-18;/h7-8,10-11,19-20,26-29H,3-6,9,12-18,21-25H2,1-2H3;18-19,25-28H,3-17,20-24H2,1-2H3;8-9,15-18H,3-7,10-14H2,1-2H3;4-5,11-14H,3,6-10H2,1-2H3;1H4/b8-7+,11-10+;;;;. The largest absolute Gasteiger partial charge is 0.465 e. The third-order valence-electron chi connectivity index (χ3n) is 26.6. The first-order valence-electron chi connectivity index (χ1n) is 48.2. The van der Waals surface area contributed by atoms with Crippen molar-refractivity contribution < 1.29 is 76.3 Å². The molecule has 12 rings (SSSR count). The number of hydrogen-bond donors (Lipinski definition) is 0. The number of ether oxygens (including phenoxy) is 8. The molecule has 12 heterocycles. The molecule has 690 valence electrons. The monoisotopic (exact) mass is 1710 g/mol. The zero-order valence-corrected chi connectivity index (χ0v) is 75.8. The highest BCUT2D eigenvalue weighted by molar-refractivity contribution is 5.91. The van der Waals surface area contributed by atoms with E-state index in [1.165, 1.54) is 154 Å². The number of piperazine rings is 4. The Kier molecular flexibility index (Phi) is 46.6. The Morgan fingerprint density at radius 1 is 0.254 bits per heavy atom. The van der Waals surface area contributed by atoms with E-state index < -0.39 is 47.3 Å². The van der Waals surface area contributed by atoms with Crippen LogP contribution in [-0.2, 0) is 76.3 Å². The van der Waals surface area contributed by atoms with Crippen molar-refractivity contribution in [1.29, 1.82) is 0 Å². The van der Waals surface area contributed by atoms with Gasteiger partial charge < -0.3 is 77.1 Å². The zero-order chi connectivity index (χ0) is 86.1. The van der Waals surface area contributed by atoms with Crippen LogP contribution in [0, 0.1) is 47.3 Å². The molecule has 0 spiro atoms. The molecule has 0 N–H and O–H groups in total. The van der Waals surface area contributed by atoms with Crippen molar-refractivity contribution in [3.63, 3.8) is 0 Å². The molecule has 8 saturated heterocycles. The summed E-state index contributed by atoms with van der Waals surface area (Å²) in [6.07, 6.45) is 62.4. The van der Waals surface area contributed by atoms with Gasteiger partial charge in [-0.2, -0.15) is 0 Å². The molecule has 24 nitrogen and oxygen atoms in total. The van der Waals surface area contributed by atoms with E-state index in [0.29, 0.717) is 78.8 Å². The first-order chi connectivity index (χ1) is 59.0. The van der Waals surface area contributed by atoms with Gasteiger partial charge in [0.15, 0.2) is 0 Å². The van der Waals surface area contributed by atoms with Crippen molar-refractivity contribution >= 4 is 47.5 Å². The van der Waals surface area contributed by atoms with Gasteiger partial charge in [0.1, 0.15) is 23.7 Å². The Labute approximate surface area is 734 Å². The highest BCUT2D eigenvalue weighted by Gasteiger charge is 2.59. The van der Waals surface area contributed by atoms with E-state index in [1.54, 1.807) is 0 Å². The van der Waals surface area contributed by atoms with Gasteiger partial charge in [-0.05, 0) is 86.0 Å². The number of nitrogens with zero attached hydrogens (tertiary/aromatic N) is 8. The number of allylic oxidation sites excluding steroid dienone is 4. The summed E-state index contributed by atoms with van der Waals surface area (Å²) in [5, 5.41) is 0. The number of hydrogen-bond acceptors (Lipinski definition) is 20. The predicted octanol–water partition coefficient (Wildman–Crippen LogP) is 14.2. The molecule has 0 aromatic carbocycles. The maximum Gasteiger partial charge on any atom is 0.312 e. The molecular formula is C98H162N8O16. The van der Waals surface area contributed by atoms with Gasteiger partial charge in [-0.15, -0.1) is 0 Å². The minimum atomic E-state index is -0.508. The lowest BCUT2D eigenvalue weighted by molar-refractivity contribution is -0.155. The van der Waals surface area contributed by atoms with Gasteiger partial charge >= 0.3 is 23.9 Å². The summed E-state index contributed by atoms with van der Waals surface area (Å²) in [4.78, 5) is 120. The Hall–Kier alpha value is -6.12. The van der Waals surface area contributed by atoms with Crippen molar-refractivity contribution in [1.82, 2.24) is 39.2 Å². The minimum absolute atomic E-state index is 0. The summed E-state index contributed by atoms with van der Waals surface area (Å²) in [5.74, 6) is -4.66. The number of likely N-dealkylation sites (N-methyl/N-ethyl adjacent to an activating group) is 4. The molecule has 122 heavy (non-hydrogen) atoms. The molecule has 24 heteroatoms. The summed E-state index contributed by atoms with van der Waals surface area (Å²) in [5.41, 5.74) is 0. The maximum absolute atomic E-state index is 13.2.